The second-order valence-corrected chi connectivity index (χ2v) is 7.20. The van der Waals surface area contributed by atoms with Crippen molar-refractivity contribution in [2.75, 3.05) is 0 Å². The zero-order valence-corrected chi connectivity index (χ0v) is 20.1. The van der Waals surface area contributed by atoms with Crippen LogP contribution in [0.4, 0.5) is 5.69 Å². The van der Waals surface area contributed by atoms with E-state index in [1.165, 1.54) is 11.1 Å². The Morgan fingerprint density at radius 1 is 0.852 bits per heavy atom. The number of rotatable bonds is 6. The summed E-state index contributed by atoms with van der Waals surface area (Å²) in [6.07, 6.45) is 0. The van der Waals surface area contributed by atoms with Crippen LogP contribution in [0.3, 0.4) is 0 Å². The molecule has 0 saturated carbocycles. The van der Waals surface area contributed by atoms with E-state index in [0.29, 0.717) is 18.4 Å². The summed E-state index contributed by atoms with van der Waals surface area (Å²) in [6.45, 7) is 9.49. The largest absolute Gasteiger partial charge is 0.679 e. The van der Waals surface area contributed by atoms with Crippen LogP contribution in [0.2, 0.25) is 0 Å². The van der Waals surface area contributed by atoms with E-state index >= 15 is 0 Å². The Morgan fingerprint density at radius 2 is 1.52 bits per heavy atom. The first-order valence-corrected chi connectivity index (χ1v) is 9.29. The summed E-state index contributed by atoms with van der Waals surface area (Å²) in [6, 6.07) is 23.8. The number of nitrogens with zero attached hydrogens (tertiary/aromatic N) is 2. The fraction of sp³-hybridized carbons (Fsp3) is 0.292. The molecular formula is C24H26HfN2-2. The minimum absolute atomic E-state index is 0. The molecule has 0 aliphatic carbocycles. The van der Waals surface area contributed by atoms with Crippen molar-refractivity contribution in [2.24, 2.45) is 0 Å². The minimum Gasteiger partial charge on any atom is -0.679 e. The minimum atomic E-state index is 0. The van der Waals surface area contributed by atoms with Gasteiger partial charge in [-0.05, 0) is 23.6 Å². The van der Waals surface area contributed by atoms with Gasteiger partial charge in [0.2, 0.25) is 0 Å². The molecule has 0 atom stereocenters. The van der Waals surface area contributed by atoms with Crippen molar-refractivity contribution in [1.29, 1.82) is 0 Å². The predicted octanol–water partition coefficient (Wildman–Crippen LogP) is 7.00. The molecule has 0 radical (unpaired) electrons. The molecule has 3 aromatic rings. The summed E-state index contributed by atoms with van der Waals surface area (Å²) in [5, 5.41) is 4.98. The van der Waals surface area contributed by atoms with Gasteiger partial charge in [0, 0.05) is 31.5 Å². The van der Waals surface area contributed by atoms with Crippen LogP contribution in [0, 0.1) is 6.07 Å². The van der Waals surface area contributed by atoms with Crippen LogP contribution in [0.25, 0.3) is 16.6 Å². The summed E-state index contributed by atoms with van der Waals surface area (Å²) in [5.74, 6) is 0.899. The van der Waals surface area contributed by atoms with E-state index in [9.17, 15) is 0 Å². The van der Waals surface area contributed by atoms with E-state index < -0.39 is 0 Å². The van der Waals surface area contributed by atoms with Gasteiger partial charge in [-0.2, -0.15) is 0 Å². The van der Waals surface area contributed by atoms with Gasteiger partial charge >= 0.3 is 0 Å². The third kappa shape index (κ3) is 5.38. The first-order chi connectivity index (χ1) is 12.6. The van der Waals surface area contributed by atoms with Crippen LogP contribution < -0.4 is 0 Å². The van der Waals surface area contributed by atoms with Crippen molar-refractivity contribution in [3.63, 3.8) is 0 Å². The smallest absolute Gasteiger partial charge is 0.0121 e. The number of aromatic nitrogens is 1. The maximum Gasteiger partial charge on any atom is 0.0121 e. The molecule has 0 aliphatic rings. The van der Waals surface area contributed by atoms with E-state index in [0.717, 1.165) is 22.6 Å². The Labute approximate surface area is 182 Å². The van der Waals surface area contributed by atoms with Crippen LogP contribution in [-0.2, 0) is 32.4 Å². The van der Waals surface area contributed by atoms with Crippen LogP contribution >= 0.6 is 0 Å². The molecule has 0 bridgehead atoms. The van der Waals surface area contributed by atoms with Crippen molar-refractivity contribution in [2.45, 2.75) is 46.1 Å². The Hall–Kier alpha value is -1.74. The second kappa shape index (κ2) is 9.98. The Bertz CT molecular complexity index is 831. The average Bonchev–Trinajstić information content (AvgIpc) is 2.66. The number of para-hydroxylation sites is 1. The third-order valence-electron chi connectivity index (χ3n) is 4.53. The molecule has 0 fully saturated rings. The molecule has 1 heterocycles. The molecule has 0 amide bonds. The molecule has 1 aromatic heterocycles. The molecule has 0 unspecified atom stereocenters. The van der Waals surface area contributed by atoms with E-state index in [-0.39, 0.29) is 25.8 Å². The summed E-state index contributed by atoms with van der Waals surface area (Å²) >= 11 is 0. The van der Waals surface area contributed by atoms with Crippen molar-refractivity contribution < 1.29 is 25.8 Å². The Kier molecular flexibility index (Phi) is 7.97. The normalized spacial score (nSPS) is 10.7. The van der Waals surface area contributed by atoms with Crippen LogP contribution in [0.1, 0.15) is 56.4 Å². The number of hydrogen-bond acceptors (Lipinski definition) is 1. The molecular weight excluding hydrogens is 495 g/mol. The Balaban J connectivity index is 0.00000261. The van der Waals surface area contributed by atoms with Crippen molar-refractivity contribution >= 4 is 5.69 Å². The first kappa shape index (κ1) is 21.6. The van der Waals surface area contributed by atoms with Crippen molar-refractivity contribution in [3.8, 4) is 11.3 Å². The summed E-state index contributed by atoms with van der Waals surface area (Å²) in [5.41, 5.74) is 6.69. The third-order valence-corrected chi connectivity index (χ3v) is 4.53. The fourth-order valence-corrected chi connectivity index (χ4v) is 3.12. The van der Waals surface area contributed by atoms with E-state index in [1.54, 1.807) is 0 Å². The number of pyridine rings is 1. The molecule has 0 aliphatic heterocycles. The molecule has 138 valence electrons. The summed E-state index contributed by atoms with van der Waals surface area (Å²) in [7, 11) is 0. The van der Waals surface area contributed by atoms with Gasteiger partial charge in [0.25, 0.3) is 0 Å². The quantitative estimate of drug-likeness (QED) is 0.254. The second-order valence-electron chi connectivity index (χ2n) is 7.20. The van der Waals surface area contributed by atoms with Gasteiger partial charge in [-0.3, -0.25) is 0 Å². The van der Waals surface area contributed by atoms with Gasteiger partial charge in [-0.1, -0.05) is 75.7 Å². The monoisotopic (exact) mass is 522 g/mol. The molecule has 0 spiro atoms. The van der Waals surface area contributed by atoms with Gasteiger partial charge in [-0.25, -0.2) is 0 Å². The average molecular weight is 521 g/mol. The topological polar surface area (TPSA) is 27.0 Å². The van der Waals surface area contributed by atoms with Crippen molar-refractivity contribution in [1.82, 2.24) is 4.98 Å². The zero-order chi connectivity index (χ0) is 18.5. The van der Waals surface area contributed by atoms with Gasteiger partial charge < -0.3 is 10.3 Å². The first-order valence-electron chi connectivity index (χ1n) is 9.29. The van der Waals surface area contributed by atoms with E-state index in [2.05, 4.69) is 52.0 Å². The zero-order valence-electron chi connectivity index (χ0n) is 16.5. The molecule has 3 heteroatoms. The maximum atomic E-state index is 4.98. The van der Waals surface area contributed by atoms with Crippen LogP contribution in [-0.4, -0.2) is 4.98 Å². The molecule has 2 aromatic carbocycles. The standard InChI is InChI=1S/C24H26N2.Hf/c1-17(2)21-13-9-14-22(18(3)4)24(21)25-16-20-12-8-15-23(26-20)19-10-6-5-7-11-19;/h5-10,12-15,17-18H,16H2,1-4H3;/q-2;. The Morgan fingerprint density at radius 3 is 2.11 bits per heavy atom. The van der Waals surface area contributed by atoms with E-state index in [1.807, 2.05) is 42.5 Å². The molecule has 3 rings (SSSR count). The van der Waals surface area contributed by atoms with Gasteiger partial charge in [0.05, 0.1) is 0 Å². The molecule has 27 heavy (non-hydrogen) atoms. The predicted molar refractivity (Wildman–Crippen MR) is 110 cm³/mol. The molecule has 2 nitrogen and oxygen atoms in total. The SMILES string of the molecule is CC(C)c1cccc(C(C)C)c1[N-]Cc1cccc(-c2[c-]cccc2)n1.[Hf]. The fourth-order valence-electron chi connectivity index (χ4n) is 3.12. The van der Waals surface area contributed by atoms with Crippen molar-refractivity contribution in [3.05, 3.63) is 88.9 Å². The van der Waals surface area contributed by atoms with Crippen LogP contribution in [0.15, 0.2) is 60.7 Å². The van der Waals surface area contributed by atoms with Gasteiger partial charge in [0.1, 0.15) is 0 Å². The number of hydrogen-bond donors (Lipinski definition) is 0. The number of benzene rings is 2. The van der Waals surface area contributed by atoms with Crippen LogP contribution in [0.5, 0.6) is 0 Å². The van der Waals surface area contributed by atoms with E-state index in [4.69, 9.17) is 10.3 Å². The van der Waals surface area contributed by atoms with Gasteiger partial charge in [-0.15, -0.1) is 41.6 Å². The molecule has 0 N–H and O–H groups in total. The summed E-state index contributed by atoms with van der Waals surface area (Å²) in [4.78, 5) is 4.78. The summed E-state index contributed by atoms with van der Waals surface area (Å²) < 4.78 is 0. The molecule has 0 saturated heterocycles. The van der Waals surface area contributed by atoms with Gasteiger partial charge in [0.15, 0.2) is 0 Å². The maximum absolute atomic E-state index is 4.98.